The number of halogens is 1. The monoisotopic (exact) mass is 334 g/mol. The van der Waals surface area contributed by atoms with Gasteiger partial charge >= 0.3 is 5.97 Å². The Kier molecular flexibility index (Phi) is 2.95. The molecule has 0 N–H and O–H groups in total. The predicted octanol–water partition coefficient (Wildman–Crippen LogP) is 4.57. The third-order valence-corrected chi connectivity index (χ3v) is 6.08. The molecule has 0 unspecified atom stereocenters. The van der Waals surface area contributed by atoms with Gasteiger partial charge in [0.15, 0.2) is 0 Å². The van der Waals surface area contributed by atoms with Crippen LogP contribution in [0.3, 0.4) is 0 Å². The maximum Gasteiger partial charge on any atom is 0.339 e. The van der Waals surface area contributed by atoms with E-state index in [1.54, 1.807) is 0 Å². The lowest BCUT2D eigenvalue weighted by Crippen LogP contribution is -2.52. The quantitative estimate of drug-likeness (QED) is 0.740. The molecule has 3 heteroatoms. The highest BCUT2D eigenvalue weighted by Gasteiger charge is 2.53. The van der Waals surface area contributed by atoms with Crippen LogP contribution in [0.5, 0.6) is 0 Å². The van der Waals surface area contributed by atoms with Gasteiger partial charge in [-0.25, -0.2) is 4.79 Å². The smallest absolute Gasteiger partial charge is 0.339 e. The zero-order valence-corrected chi connectivity index (χ0v) is 13.1. The summed E-state index contributed by atoms with van der Waals surface area (Å²) in [5, 5.41) is 0. The highest BCUT2D eigenvalue weighted by molar-refractivity contribution is 9.10. The van der Waals surface area contributed by atoms with E-state index in [1.165, 1.54) is 19.3 Å². The molecular formula is C17H19BrO2. The molecule has 0 aliphatic heterocycles. The van der Waals surface area contributed by atoms with Crippen molar-refractivity contribution in [2.24, 2.45) is 17.8 Å². The molecule has 4 aliphatic rings. The van der Waals surface area contributed by atoms with E-state index in [9.17, 15) is 4.79 Å². The maximum absolute atomic E-state index is 12.5. The van der Waals surface area contributed by atoms with Crippen LogP contribution in [0.25, 0.3) is 0 Å². The Bertz CT molecular complexity index is 516. The van der Waals surface area contributed by atoms with Gasteiger partial charge in [-0.2, -0.15) is 0 Å². The van der Waals surface area contributed by atoms with Crippen molar-refractivity contribution in [2.75, 3.05) is 0 Å². The van der Waals surface area contributed by atoms with Crippen LogP contribution in [0.4, 0.5) is 0 Å². The van der Waals surface area contributed by atoms with Gasteiger partial charge in [-0.05, 0) is 84.3 Å². The zero-order chi connectivity index (χ0) is 13.7. The second-order valence-corrected chi connectivity index (χ2v) is 7.82. The lowest BCUT2D eigenvalue weighted by Gasteiger charge is -2.55. The molecule has 0 spiro atoms. The van der Waals surface area contributed by atoms with Crippen LogP contribution in [0.1, 0.15) is 48.9 Å². The van der Waals surface area contributed by atoms with Gasteiger partial charge in [-0.3, -0.25) is 0 Å². The third-order valence-electron chi connectivity index (χ3n) is 5.39. The number of hydrogen-bond donors (Lipinski definition) is 0. The van der Waals surface area contributed by atoms with Gasteiger partial charge in [0.2, 0.25) is 0 Å². The van der Waals surface area contributed by atoms with Gasteiger partial charge in [0.25, 0.3) is 0 Å². The Morgan fingerprint density at radius 1 is 1.05 bits per heavy atom. The first kappa shape index (κ1) is 12.9. The van der Waals surface area contributed by atoms with Crippen molar-refractivity contribution in [3.05, 3.63) is 34.3 Å². The summed E-state index contributed by atoms with van der Waals surface area (Å²) in [7, 11) is 0. The number of benzene rings is 1. The molecule has 4 fully saturated rings. The first-order valence-corrected chi connectivity index (χ1v) is 8.41. The number of esters is 1. The molecule has 0 heterocycles. The molecule has 1 aromatic rings. The summed E-state index contributed by atoms with van der Waals surface area (Å²) in [6, 6.07) is 7.55. The molecule has 20 heavy (non-hydrogen) atoms. The molecule has 0 saturated heterocycles. The first-order chi connectivity index (χ1) is 9.63. The molecule has 0 amide bonds. The van der Waals surface area contributed by atoms with Crippen molar-refractivity contribution in [3.63, 3.8) is 0 Å². The fraction of sp³-hybridized carbons (Fsp3) is 0.588. The predicted molar refractivity (Wildman–Crippen MR) is 80.5 cm³/mol. The van der Waals surface area contributed by atoms with E-state index in [0.29, 0.717) is 5.56 Å². The fourth-order valence-corrected chi connectivity index (χ4v) is 5.48. The van der Waals surface area contributed by atoms with Gasteiger partial charge in [-0.1, -0.05) is 12.1 Å². The van der Waals surface area contributed by atoms with E-state index in [1.807, 2.05) is 24.3 Å². The van der Waals surface area contributed by atoms with Crippen molar-refractivity contribution in [1.82, 2.24) is 0 Å². The fourth-order valence-electron chi connectivity index (χ4n) is 5.03. The molecule has 2 nitrogen and oxygen atoms in total. The Morgan fingerprint density at radius 2 is 1.60 bits per heavy atom. The second-order valence-electron chi connectivity index (χ2n) is 6.97. The Balaban J connectivity index is 1.57. The largest absolute Gasteiger partial charge is 0.455 e. The summed E-state index contributed by atoms with van der Waals surface area (Å²) >= 11 is 3.45. The van der Waals surface area contributed by atoms with Crippen LogP contribution in [0.2, 0.25) is 0 Å². The maximum atomic E-state index is 12.5. The molecule has 0 atom stereocenters. The van der Waals surface area contributed by atoms with Crippen LogP contribution in [0, 0.1) is 17.8 Å². The minimum Gasteiger partial charge on any atom is -0.455 e. The molecule has 106 valence electrons. The van der Waals surface area contributed by atoms with Gasteiger partial charge < -0.3 is 4.74 Å². The zero-order valence-electron chi connectivity index (χ0n) is 11.5. The molecule has 0 aromatic heterocycles. The highest BCUT2D eigenvalue weighted by atomic mass is 79.9. The van der Waals surface area contributed by atoms with E-state index in [-0.39, 0.29) is 11.6 Å². The molecule has 4 bridgehead atoms. The van der Waals surface area contributed by atoms with E-state index >= 15 is 0 Å². The Hall–Kier alpha value is -0.830. The lowest BCUT2D eigenvalue weighted by molar-refractivity contribution is -0.131. The van der Waals surface area contributed by atoms with Gasteiger partial charge in [0.1, 0.15) is 5.60 Å². The summed E-state index contributed by atoms with van der Waals surface area (Å²) in [6.45, 7) is 0. The van der Waals surface area contributed by atoms with Crippen molar-refractivity contribution < 1.29 is 9.53 Å². The highest BCUT2D eigenvalue weighted by Crippen LogP contribution is 2.57. The summed E-state index contributed by atoms with van der Waals surface area (Å²) in [5.41, 5.74) is 0.504. The van der Waals surface area contributed by atoms with Gasteiger partial charge in [0.05, 0.1) is 5.56 Å². The van der Waals surface area contributed by atoms with E-state index < -0.39 is 0 Å². The first-order valence-electron chi connectivity index (χ1n) is 7.61. The van der Waals surface area contributed by atoms with Crippen LogP contribution in [-0.2, 0) is 4.74 Å². The van der Waals surface area contributed by atoms with Crippen molar-refractivity contribution in [1.29, 1.82) is 0 Å². The Morgan fingerprint density at radius 3 is 2.15 bits per heavy atom. The number of carbonyl (C=O) groups is 1. The third kappa shape index (κ3) is 2.11. The van der Waals surface area contributed by atoms with Crippen LogP contribution >= 0.6 is 15.9 Å². The standard InChI is InChI=1S/C17H19BrO2/c18-15-4-2-1-3-14(15)16(19)20-17-8-11-5-12(9-17)7-13(6-11)10-17/h1-4,11-13H,5-10H2. The summed E-state index contributed by atoms with van der Waals surface area (Å²) < 4.78 is 6.88. The van der Waals surface area contributed by atoms with Crippen LogP contribution in [-0.4, -0.2) is 11.6 Å². The molecule has 1 aromatic carbocycles. The van der Waals surface area contributed by atoms with Crippen molar-refractivity contribution in [3.8, 4) is 0 Å². The Labute approximate surface area is 128 Å². The average Bonchev–Trinajstić information content (AvgIpc) is 2.36. The second kappa shape index (κ2) is 4.59. The normalized spacial score (nSPS) is 38.0. The van der Waals surface area contributed by atoms with Crippen LogP contribution < -0.4 is 0 Å². The van der Waals surface area contributed by atoms with Crippen LogP contribution in [0.15, 0.2) is 28.7 Å². The molecule has 4 saturated carbocycles. The topological polar surface area (TPSA) is 26.3 Å². The summed E-state index contributed by atoms with van der Waals surface area (Å²) in [5.74, 6) is 2.24. The molecule has 5 rings (SSSR count). The summed E-state index contributed by atoms with van der Waals surface area (Å²) in [4.78, 5) is 12.5. The van der Waals surface area contributed by atoms with Gasteiger partial charge in [0, 0.05) is 4.47 Å². The molecular weight excluding hydrogens is 316 g/mol. The van der Waals surface area contributed by atoms with E-state index in [0.717, 1.165) is 41.5 Å². The average molecular weight is 335 g/mol. The number of ether oxygens (including phenoxy) is 1. The SMILES string of the molecule is O=C(OC12CC3CC(CC(C3)C1)C2)c1ccccc1Br. The minimum atomic E-state index is -0.153. The number of hydrogen-bond acceptors (Lipinski definition) is 2. The molecule has 4 aliphatic carbocycles. The number of rotatable bonds is 2. The van der Waals surface area contributed by atoms with Crippen molar-refractivity contribution in [2.45, 2.75) is 44.1 Å². The van der Waals surface area contributed by atoms with E-state index in [2.05, 4.69) is 15.9 Å². The summed E-state index contributed by atoms with van der Waals surface area (Å²) in [6.07, 6.45) is 7.38. The number of carbonyl (C=O) groups excluding carboxylic acids is 1. The van der Waals surface area contributed by atoms with Crippen molar-refractivity contribution >= 4 is 21.9 Å². The molecule has 0 radical (unpaired) electrons. The van der Waals surface area contributed by atoms with Gasteiger partial charge in [-0.15, -0.1) is 0 Å². The van der Waals surface area contributed by atoms with E-state index in [4.69, 9.17) is 4.74 Å². The minimum absolute atomic E-state index is 0.152. The lowest BCUT2D eigenvalue weighted by atomic mass is 9.54.